The molecule has 4 nitrogen and oxygen atoms in total. The zero-order chi connectivity index (χ0) is 13.9. The highest BCUT2D eigenvalue weighted by atomic mass is 16.5. The van der Waals surface area contributed by atoms with E-state index in [4.69, 9.17) is 4.74 Å². The third-order valence-electron chi connectivity index (χ3n) is 3.45. The van der Waals surface area contributed by atoms with Gasteiger partial charge in [0.25, 0.3) is 0 Å². The summed E-state index contributed by atoms with van der Waals surface area (Å²) in [6, 6.07) is 5.69. The van der Waals surface area contributed by atoms with Gasteiger partial charge in [-0.25, -0.2) is 0 Å². The summed E-state index contributed by atoms with van der Waals surface area (Å²) in [7, 11) is 1.69. The molecule has 102 valence electrons. The summed E-state index contributed by atoms with van der Waals surface area (Å²) >= 11 is 0. The summed E-state index contributed by atoms with van der Waals surface area (Å²) in [6.07, 6.45) is 4.28. The van der Waals surface area contributed by atoms with Gasteiger partial charge in [-0.2, -0.15) is 0 Å². The number of fused-ring (bicyclic) bond motifs is 1. The van der Waals surface area contributed by atoms with Crippen LogP contribution in [0.1, 0.15) is 38.4 Å². The molecule has 2 aromatic rings. The lowest BCUT2D eigenvalue weighted by atomic mass is 9.96. The molecule has 1 N–H and O–H groups in total. The van der Waals surface area contributed by atoms with E-state index in [2.05, 4.69) is 9.97 Å². The number of methoxy groups -OCH3 is 1. The van der Waals surface area contributed by atoms with Gasteiger partial charge in [0.1, 0.15) is 0 Å². The van der Waals surface area contributed by atoms with Crippen LogP contribution in [0.3, 0.4) is 0 Å². The Morgan fingerprint density at radius 3 is 2.58 bits per heavy atom. The van der Waals surface area contributed by atoms with Gasteiger partial charge in [0, 0.05) is 19.5 Å². The topological polar surface area (TPSA) is 55.2 Å². The lowest BCUT2D eigenvalue weighted by Crippen LogP contribution is -2.23. The van der Waals surface area contributed by atoms with Crippen molar-refractivity contribution >= 4 is 11.0 Å². The van der Waals surface area contributed by atoms with E-state index in [0.717, 1.165) is 23.0 Å². The summed E-state index contributed by atoms with van der Waals surface area (Å²) in [4.78, 5) is 8.47. The first-order chi connectivity index (χ1) is 9.02. The lowest BCUT2D eigenvalue weighted by molar-refractivity contribution is 0.00280. The zero-order valence-corrected chi connectivity index (χ0v) is 11.6. The molecule has 0 spiro atoms. The normalized spacial score (nSPS) is 13.7. The maximum atomic E-state index is 10.2. The van der Waals surface area contributed by atoms with Gasteiger partial charge < -0.3 is 9.84 Å². The Morgan fingerprint density at radius 2 is 1.89 bits per heavy atom. The predicted molar refractivity (Wildman–Crippen MR) is 74.8 cm³/mol. The van der Waals surface area contributed by atoms with E-state index in [-0.39, 0.29) is 5.60 Å². The Hall–Kier alpha value is -1.52. The minimum Gasteiger partial charge on any atom is -0.388 e. The average Bonchev–Trinajstić information content (AvgIpc) is 2.44. The van der Waals surface area contributed by atoms with Crippen LogP contribution in [0.5, 0.6) is 0 Å². The first-order valence-corrected chi connectivity index (χ1v) is 6.46. The molecular formula is C15H20N2O2. The molecule has 0 aliphatic carbocycles. The lowest BCUT2D eigenvalue weighted by Gasteiger charge is -2.24. The van der Waals surface area contributed by atoms with Crippen molar-refractivity contribution in [3.63, 3.8) is 0 Å². The number of rotatable bonds is 5. The highest BCUT2D eigenvalue weighted by Gasteiger charge is 2.19. The molecule has 2 rings (SSSR count). The second-order valence-corrected chi connectivity index (χ2v) is 5.32. The molecule has 0 radical (unpaired) electrons. The van der Waals surface area contributed by atoms with Gasteiger partial charge in [0.2, 0.25) is 0 Å². The van der Waals surface area contributed by atoms with Crippen molar-refractivity contribution < 1.29 is 9.84 Å². The van der Waals surface area contributed by atoms with E-state index >= 15 is 0 Å². The number of hydrogen-bond acceptors (Lipinski definition) is 4. The van der Waals surface area contributed by atoms with Crippen molar-refractivity contribution in [2.24, 2.45) is 0 Å². The third-order valence-corrected chi connectivity index (χ3v) is 3.45. The van der Waals surface area contributed by atoms with Crippen LogP contribution in [-0.4, -0.2) is 27.8 Å². The second kappa shape index (κ2) is 5.63. The van der Waals surface area contributed by atoms with Crippen LogP contribution >= 0.6 is 0 Å². The van der Waals surface area contributed by atoms with Gasteiger partial charge in [-0.15, -0.1) is 0 Å². The van der Waals surface area contributed by atoms with E-state index < -0.39 is 6.10 Å². The number of aliphatic hydroxyl groups excluding tert-OH is 1. The fraction of sp³-hybridized carbons (Fsp3) is 0.467. The molecule has 19 heavy (non-hydrogen) atoms. The molecule has 0 aliphatic rings. The highest BCUT2D eigenvalue weighted by Crippen LogP contribution is 2.25. The van der Waals surface area contributed by atoms with Crippen molar-refractivity contribution in [1.29, 1.82) is 0 Å². The Bertz CT molecular complexity index is 555. The molecule has 0 aliphatic heterocycles. The minimum absolute atomic E-state index is 0.211. The first kappa shape index (κ1) is 13.9. The van der Waals surface area contributed by atoms with Crippen LogP contribution in [0.2, 0.25) is 0 Å². The van der Waals surface area contributed by atoms with Crippen LogP contribution in [0.15, 0.2) is 30.6 Å². The van der Waals surface area contributed by atoms with Crippen LogP contribution in [0.25, 0.3) is 11.0 Å². The monoisotopic (exact) mass is 260 g/mol. The van der Waals surface area contributed by atoms with E-state index in [1.54, 1.807) is 19.5 Å². The molecule has 0 bridgehead atoms. The number of benzene rings is 1. The van der Waals surface area contributed by atoms with E-state index in [9.17, 15) is 5.11 Å². The smallest absolute Gasteiger partial charge is 0.0890 e. The molecule has 1 aromatic heterocycles. The molecule has 0 saturated carbocycles. The number of aliphatic hydroxyl groups is 1. The number of ether oxygens (including phenoxy) is 1. The quantitative estimate of drug-likeness (QED) is 0.898. The Morgan fingerprint density at radius 1 is 1.21 bits per heavy atom. The SMILES string of the molecule is COC(C)(C)CCC(O)c1ccc2nccnc2c1. The molecule has 4 heteroatoms. The summed E-state index contributed by atoms with van der Waals surface area (Å²) in [5.41, 5.74) is 2.32. The van der Waals surface area contributed by atoms with E-state index in [1.165, 1.54) is 0 Å². The van der Waals surface area contributed by atoms with Gasteiger partial charge in [-0.05, 0) is 44.4 Å². The third kappa shape index (κ3) is 3.49. The molecule has 1 atom stereocenters. The van der Waals surface area contributed by atoms with Crippen molar-refractivity contribution in [1.82, 2.24) is 9.97 Å². The molecule has 0 saturated heterocycles. The Labute approximate surface area is 113 Å². The van der Waals surface area contributed by atoms with Crippen molar-refractivity contribution in [2.75, 3.05) is 7.11 Å². The molecule has 1 unspecified atom stereocenters. The van der Waals surface area contributed by atoms with Gasteiger partial charge in [0.05, 0.1) is 22.7 Å². The number of nitrogens with zero attached hydrogens (tertiary/aromatic N) is 2. The fourth-order valence-corrected chi connectivity index (χ4v) is 1.94. The van der Waals surface area contributed by atoms with Crippen LogP contribution < -0.4 is 0 Å². The van der Waals surface area contributed by atoms with Crippen LogP contribution in [0.4, 0.5) is 0 Å². The van der Waals surface area contributed by atoms with Crippen LogP contribution in [0, 0.1) is 0 Å². The summed E-state index contributed by atoms with van der Waals surface area (Å²) < 4.78 is 5.36. The second-order valence-electron chi connectivity index (χ2n) is 5.32. The van der Waals surface area contributed by atoms with E-state index in [0.29, 0.717) is 6.42 Å². The number of aromatic nitrogens is 2. The van der Waals surface area contributed by atoms with Crippen molar-refractivity contribution in [2.45, 2.75) is 38.4 Å². The molecule has 1 heterocycles. The molecular weight excluding hydrogens is 240 g/mol. The predicted octanol–water partition coefficient (Wildman–Crippen LogP) is 2.87. The largest absolute Gasteiger partial charge is 0.388 e. The van der Waals surface area contributed by atoms with E-state index in [1.807, 2.05) is 32.0 Å². The highest BCUT2D eigenvalue weighted by molar-refractivity contribution is 5.74. The zero-order valence-electron chi connectivity index (χ0n) is 11.6. The summed E-state index contributed by atoms with van der Waals surface area (Å²) in [5.74, 6) is 0. The summed E-state index contributed by atoms with van der Waals surface area (Å²) in [6.45, 7) is 4.04. The Balaban J connectivity index is 2.11. The Kier molecular flexibility index (Phi) is 4.12. The van der Waals surface area contributed by atoms with Gasteiger partial charge >= 0.3 is 0 Å². The standard InChI is InChI=1S/C15H20N2O2/c1-15(2,19-3)7-6-14(18)11-4-5-12-13(10-11)17-9-8-16-12/h4-5,8-10,14,18H,6-7H2,1-3H3. The van der Waals surface area contributed by atoms with Gasteiger partial charge in [0.15, 0.2) is 0 Å². The fourth-order valence-electron chi connectivity index (χ4n) is 1.94. The first-order valence-electron chi connectivity index (χ1n) is 6.46. The molecule has 1 aromatic carbocycles. The van der Waals surface area contributed by atoms with Crippen molar-refractivity contribution in [3.05, 3.63) is 36.2 Å². The maximum absolute atomic E-state index is 10.2. The number of hydrogen-bond donors (Lipinski definition) is 1. The molecule has 0 amide bonds. The summed E-state index contributed by atoms with van der Waals surface area (Å²) in [5, 5.41) is 10.2. The molecule has 0 fully saturated rings. The van der Waals surface area contributed by atoms with Crippen LogP contribution in [-0.2, 0) is 4.74 Å². The average molecular weight is 260 g/mol. The van der Waals surface area contributed by atoms with Crippen molar-refractivity contribution in [3.8, 4) is 0 Å². The van der Waals surface area contributed by atoms with Gasteiger partial charge in [-0.1, -0.05) is 6.07 Å². The van der Waals surface area contributed by atoms with Gasteiger partial charge in [-0.3, -0.25) is 9.97 Å². The maximum Gasteiger partial charge on any atom is 0.0890 e. The minimum atomic E-state index is -0.499.